The van der Waals surface area contributed by atoms with Gasteiger partial charge in [-0.25, -0.2) is 13.1 Å². The molecule has 2 heterocycles. The van der Waals surface area contributed by atoms with Crippen LogP contribution in [0.15, 0.2) is 17.3 Å². The predicted molar refractivity (Wildman–Crippen MR) is 74.8 cm³/mol. The van der Waals surface area contributed by atoms with E-state index in [1.165, 1.54) is 17.1 Å². The van der Waals surface area contributed by atoms with Gasteiger partial charge >= 0.3 is 0 Å². The van der Waals surface area contributed by atoms with E-state index in [0.29, 0.717) is 13.1 Å². The molecule has 8 heteroatoms. The molecule has 0 aliphatic carbocycles. The normalized spacial score (nSPS) is 24.9. The minimum absolute atomic E-state index is 0.189. The van der Waals surface area contributed by atoms with E-state index < -0.39 is 10.0 Å². The van der Waals surface area contributed by atoms with E-state index in [0.717, 1.165) is 13.1 Å². The number of rotatable bonds is 5. The molecule has 0 radical (unpaired) electrons. The van der Waals surface area contributed by atoms with Crippen molar-refractivity contribution in [3.8, 4) is 0 Å². The lowest BCUT2D eigenvalue weighted by Gasteiger charge is -2.35. The second-order valence-electron chi connectivity index (χ2n) is 5.26. The second kappa shape index (κ2) is 6.21. The largest absolute Gasteiger partial charge is 0.373 e. The van der Waals surface area contributed by atoms with Gasteiger partial charge in [0, 0.05) is 39.4 Å². The van der Waals surface area contributed by atoms with E-state index in [1.54, 1.807) is 7.05 Å². The van der Waals surface area contributed by atoms with Gasteiger partial charge in [0.1, 0.15) is 4.90 Å². The predicted octanol–water partition coefficient (Wildman–Crippen LogP) is -0.192. The van der Waals surface area contributed by atoms with Crippen molar-refractivity contribution in [3.63, 3.8) is 0 Å². The third-order valence-electron chi connectivity index (χ3n) is 3.21. The SMILES string of the molecule is CC1CN(CCNS(=O)(=O)c2cnn(C)c2)CC(C)O1. The topological polar surface area (TPSA) is 76.5 Å². The van der Waals surface area contributed by atoms with E-state index in [-0.39, 0.29) is 17.1 Å². The van der Waals surface area contributed by atoms with Gasteiger partial charge in [0.25, 0.3) is 0 Å². The summed E-state index contributed by atoms with van der Waals surface area (Å²) in [7, 11) is -1.77. The molecule has 0 aromatic carbocycles. The molecule has 7 nitrogen and oxygen atoms in total. The number of sulfonamides is 1. The van der Waals surface area contributed by atoms with Crippen molar-refractivity contribution in [3.05, 3.63) is 12.4 Å². The van der Waals surface area contributed by atoms with Crippen LogP contribution in [0, 0.1) is 0 Å². The van der Waals surface area contributed by atoms with Gasteiger partial charge < -0.3 is 4.74 Å². The van der Waals surface area contributed by atoms with Crippen molar-refractivity contribution in [2.24, 2.45) is 7.05 Å². The molecule has 0 spiro atoms. The Kier molecular flexibility index (Phi) is 4.79. The van der Waals surface area contributed by atoms with Gasteiger partial charge in [-0.05, 0) is 13.8 Å². The number of hydrogen-bond donors (Lipinski definition) is 1. The molecule has 1 aliphatic rings. The van der Waals surface area contributed by atoms with Crippen molar-refractivity contribution in [1.29, 1.82) is 0 Å². The first-order chi connectivity index (χ1) is 9.37. The van der Waals surface area contributed by atoms with Crippen LogP contribution in [0.3, 0.4) is 0 Å². The first kappa shape index (κ1) is 15.4. The fourth-order valence-corrected chi connectivity index (χ4v) is 3.43. The third-order valence-corrected chi connectivity index (χ3v) is 4.62. The van der Waals surface area contributed by atoms with Crippen LogP contribution in [0.4, 0.5) is 0 Å². The number of nitrogens with zero attached hydrogens (tertiary/aromatic N) is 3. The van der Waals surface area contributed by atoms with Crippen molar-refractivity contribution >= 4 is 10.0 Å². The number of nitrogens with one attached hydrogen (secondary N) is 1. The van der Waals surface area contributed by atoms with Crippen molar-refractivity contribution < 1.29 is 13.2 Å². The maximum Gasteiger partial charge on any atom is 0.243 e. The first-order valence-electron chi connectivity index (χ1n) is 6.73. The number of morpholine rings is 1. The van der Waals surface area contributed by atoms with Crippen LogP contribution in [0.25, 0.3) is 0 Å². The molecule has 0 saturated carbocycles. The average molecular weight is 302 g/mol. The van der Waals surface area contributed by atoms with Crippen LogP contribution >= 0.6 is 0 Å². The maximum atomic E-state index is 12.0. The molecule has 1 aliphatic heterocycles. The minimum atomic E-state index is -3.46. The molecule has 0 bridgehead atoms. The van der Waals surface area contributed by atoms with Gasteiger partial charge in [0.2, 0.25) is 10.0 Å². The fourth-order valence-electron chi connectivity index (χ4n) is 2.43. The molecule has 1 saturated heterocycles. The highest BCUT2D eigenvalue weighted by atomic mass is 32.2. The Morgan fingerprint density at radius 3 is 2.60 bits per heavy atom. The fraction of sp³-hybridized carbons (Fsp3) is 0.750. The number of ether oxygens (including phenoxy) is 1. The minimum Gasteiger partial charge on any atom is -0.373 e. The highest BCUT2D eigenvalue weighted by Crippen LogP contribution is 2.10. The van der Waals surface area contributed by atoms with E-state index in [4.69, 9.17) is 4.74 Å². The molecule has 0 amide bonds. The summed E-state index contributed by atoms with van der Waals surface area (Å²) >= 11 is 0. The molecule has 1 N–H and O–H groups in total. The zero-order valence-corrected chi connectivity index (χ0v) is 12.9. The lowest BCUT2D eigenvalue weighted by Crippen LogP contribution is -2.47. The standard InChI is InChI=1S/C12H22N4O3S/c1-10-7-16(8-11(2)19-10)5-4-14-20(17,18)12-6-13-15(3)9-12/h6,9-11,14H,4-5,7-8H2,1-3H3. The Labute approximate surface area is 120 Å². The van der Waals surface area contributed by atoms with Crippen molar-refractivity contribution in [1.82, 2.24) is 19.4 Å². The van der Waals surface area contributed by atoms with Crippen molar-refractivity contribution in [2.45, 2.75) is 31.0 Å². The van der Waals surface area contributed by atoms with E-state index in [2.05, 4.69) is 14.7 Å². The molecule has 1 fully saturated rings. The Hall–Kier alpha value is -0.960. The second-order valence-corrected chi connectivity index (χ2v) is 7.03. The highest BCUT2D eigenvalue weighted by Gasteiger charge is 2.22. The summed E-state index contributed by atoms with van der Waals surface area (Å²) in [5, 5.41) is 3.87. The lowest BCUT2D eigenvalue weighted by atomic mass is 10.2. The van der Waals surface area contributed by atoms with Gasteiger partial charge in [-0.2, -0.15) is 5.10 Å². The number of aromatic nitrogens is 2. The molecule has 20 heavy (non-hydrogen) atoms. The van der Waals surface area contributed by atoms with Crippen molar-refractivity contribution in [2.75, 3.05) is 26.2 Å². The summed E-state index contributed by atoms with van der Waals surface area (Å²) in [5.41, 5.74) is 0. The van der Waals surface area contributed by atoms with Crippen LogP contribution in [-0.4, -0.2) is 61.5 Å². The zero-order chi connectivity index (χ0) is 14.8. The van der Waals surface area contributed by atoms with Crippen LogP contribution in [-0.2, 0) is 21.8 Å². The summed E-state index contributed by atoms with van der Waals surface area (Å²) in [6, 6.07) is 0. The highest BCUT2D eigenvalue weighted by molar-refractivity contribution is 7.89. The van der Waals surface area contributed by atoms with Crippen LogP contribution in [0.2, 0.25) is 0 Å². The Morgan fingerprint density at radius 1 is 1.40 bits per heavy atom. The number of hydrogen-bond acceptors (Lipinski definition) is 5. The summed E-state index contributed by atoms with van der Waals surface area (Å²) < 4.78 is 33.7. The van der Waals surface area contributed by atoms with Gasteiger partial charge in [-0.15, -0.1) is 0 Å². The van der Waals surface area contributed by atoms with E-state index >= 15 is 0 Å². The molecule has 1 aromatic rings. The quantitative estimate of drug-likeness (QED) is 0.816. The average Bonchev–Trinajstić information content (AvgIpc) is 2.75. The van der Waals surface area contributed by atoms with E-state index in [9.17, 15) is 8.42 Å². The van der Waals surface area contributed by atoms with Crippen LogP contribution in [0.1, 0.15) is 13.8 Å². The molecule has 2 atom stereocenters. The monoisotopic (exact) mass is 302 g/mol. The number of aryl methyl sites for hydroxylation is 1. The van der Waals surface area contributed by atoms with Gasteiger partial charge in [-0.1, -0.05) is 0 Å². The molecular weight excluding hydrogens is 280 g/mol. The first-order valence-corrected chi connectivity index (χ1v) is 8.21. The zero-order valence-electron chi connectivity index (χ0n) is 12.1. The Bertz CT molecular complexity index is 533. The summed E-state index contributed by atoms with van der Waals surface area (Å²) in [6.45, 7) is 6.79. The van der Waals surface area contributed by atoms with Crippen LogP contribution < -0.4 is 4.72 Å². The van der Waals surface area contributed by atoms with Gasteiger partial charge in [-0.3, -0.25) is 9.58 Å². The summed E-state index contributed by atoms with van der Waals surface area (Å²) in [6.07, 6.45) is 3.21. The smallest absolute Gasteiger partial charge is 0.243 e. The van der Waals surface area contributed by atoms with Gasteiger partial charge in [0.15, 0.2) is 0 Å². The molecule has 114 valence electrons. The van der Waals surface area contributed by atoms with Gasteiger partial charge in [0.05, 0.1) is 18.4 Å². The lowest BCUT2D eigenvalue weighted by molar-refractivity contribution is -0.0671. The Balaban J connectivity index is 1.83. The molecular formula is C12H22N4O3S. The molecule has 2 rings (SSSR count). The third kappa shape index (κ3) is 4.02. The van der Waals surface area contributed by atoms with Crippen LogP contribution in [0.5, 0.6) is 0 Å². The molecule has 2 unspecified atom stereocenters. The van der Waals surface area contributed by atoms with E-state index in [1.807, 2.05) is 13.8 Å². The molecule has 1 aromatic heterocycles. The summed E-state index contributed by atoms with van der Waals surface area (Å²) in [5.74, 6) is 0. The summed E-state index contributed by atoms with van der Waals surface area (Å²) in [4.78, 5) is 2.41. The maximum absolute atomic E-state index is 12.0. The Morgan fingerprint density at radius 2 is 2.05 bits per heavy atom.